The maximum atomic E-state index is 12.2. The van der Waals surface area contributed by atoms with E-state index in [9.17, 15) is 4.79 Å². The predicted molar refractivity (Wildman–Crippen MR) is 110 cm³/mol. The van der Waals surface area contributed by atoms with Crippen molar-refractivity contribution in [3.05, 3.63) is 59.2 Å². The summed E-state index contributed by atoms with van der Waals surface area (Å²) >= 11 is 1.58. The summed E-state index contributed by atoms with van der Waals surface area (Å²) in [6, 6.07) is 12.0. The molecule has 0 bridgehead atoms. The van der Waals surface area contributed by atoms with Crippen LogP contribution in [0.3, 0.4) is 0 Å². The smallest absolute Gasteiger partial charge is 0.224 e. The number of nitrogens with one attached hydrogen (secondary N) is 1. The van der Waals surface area contributed by atoms with Gasteiger partial charge in [0, 0.05) is 60.6 Å². The van der Waals surface area contributed by atoms with E-state index in [4.69, 9.17) is 0 Å². The second-order valence-corrected chi connectivity index (χ2v) is 7.60. The fourth-order valence-electron chi connectivity index (χ4n) is 3.25. The molecule has 2 aromatic heterocycles. The molecule has 1 fully saturated rings. The lowest BCUT2D eigenvalue weighted by Gasteiger charge is -2.17. The maximum Gasteiger partial charge on any atom is 0.224 e. The number of benzene rings is 1. The van der Waals surface area contributed by atoms with Crippen LogP contribution in [0.15, 0.2) is 54.2 Å². The molecular weight excluding hydrogens is 356 g/mol. The number of rotatable bonds is 6. The quantitative estimate of drug-likeness (QED) is 0.692. The molecule has 1 amide bonds. The molecule has 0 spiro atoms. The van der Waals surface area contributed by atoms with Crippen LogP contribution in [0.5, 0.6) is 0 Å². The molecule has 4 rings (SSSR count). The van der Waals surface area contributed by atoms with Gasteiger partial charge >= 0.3 is 0 Å². The standard InChI is InChI=1S/C21H22N4OS/c26-20(23-17-5-7-18(8-6-17)25-12-1-2-13-25)9-10-21-24-19(15-27-21)16-4-3-11-22-14-16/h3-8,11,14-15H,1-2,9-10,12-13H2,(H,23,26). The SMILES string of the molecule is O=C(CCc1nc(-c2cccnc2)cs1)Nc1ccc(N2CCCC2)cc1. The second kappa shape index (κ2) is 8.31. The molecular formula is C21H22N4OS. The van der Waals surface area contributed by atoms with Gasteiger partial charge in [0.05, 0.1) is 10.7 Å². The normalized spacial score (nSPS) is 13.7. The van der Waals surface area contributed by atoms with Gasteiger partial charge in [0.1, 0.15) is 0 Å². The fraction of sp³-hybridized carbons (Fsp3) is 0.286. The first-order valence-corrected chi connectivity index (χ1v) is 10.2. The molecule has 5 nitrogen and oxygen atoms in total. The van der Waals surface area contributed by atoms with Crippen molar-refractivity contribution < 1.29 is 4.79 Å². The van der Waals surface area contributed by atoms with Crippen molar-refractivity contribution in [1.29, 1.82) is 0 Å². The number of pyridine rings is 1. The molecule has 1 saturated heterocycles. The lowest BCUT2D eigenvalue weighted by molar-refractivity contribution is -0.116. The number of aromatic nitrogens is 2. The van der Waals surface area contributed by atoms with E-state index in [0.29, 0.717) is 12.8 Å². The van der Waals surface area contributed by atoms with Crippen molar-refractivity contribution in [2.75, 3.05) is 23.3 Å². The van der Waals surface area contributed by atoms with Crippen LogP contribution in [0, 0.1) is 0 Å². The minimum absolute atomic E-state index is 0.0158. The minimum atomic E-state index is 0.0158. The molecule has 1 aromatic carbocycles. The van der Waals surface area contributed by atoms with E-state index in [0.717, 1.165) is 35.0 Å². The van der Waals surface area contributed by atoms with Gasteiger partial charge in [0.25, 0.3) is 0 Å². The van der Waals surface area contributed by atoms with Gasteiger partial charge in [-0.25, -0.2) is 4.98 Å². The Labute approximate surface area is 163 Å². The number of hydrogen-bond acceptors (Lipinski definition) is 5. The first-order valence-electron chi connectivity index (χ1n) is 9.27. The molecule has 1 N–H and O–H groups in total. The van der Waals surface area contributed by atoms with Crippen LogP contribution >= 0.6 is 11.3 Å². The summed E-state index contributed by atoms with van der Waals surface area (Å²) < 4.78 is 0. The summed E-state index contributed by atoms with van der Waals surface area (Å²) in [4.78, 5) is 23.4. The highest BCUT2D eigenvalue weighted by atomic mass is 32.1. The van der Waals surface area contributed by atoms with Crippen LogP contribution < -0.4 is 10.2 Å². The van der Waals surface area contributed by atoms with E-state index < -0.39 is 0 Å². The molecule has 0 radical (unpaired) electrons. The van der Waals surface area contributed by atoms with Crippen LogP contribution in [0.1, 0.15) is 24.3 Å². The topological polar surface area (TPSA) is 58.1 Å². The Morgan fingerprint density at radius 3 is 2.70 bits per heavy atom. The van der Waals surface area contributed by atoms with E-state index >= 15 is 0 Å². The third-order valence-corrected chi connectivity index (χ3v) is 5.61. The van der Waals surface area contributed by atoms with Crippen molar-refractivity contribution >= 4 is 28.6 Å². The maximum absolute atomic E-state index is 12.2. The highest BCUT2D eigenvalue weighted by Gasteiger charge is 2.12. The van der Waals surface area contributed by atoms with Crippen molar-refractivity contribution in [1.82, 2.24) is 9.97 Å². The van der Waals surface area contributed by atoms with E-state index in [1.165, 1.54) is 18.5 Å². The zero-order valence-corrected chi connectivity index (χ0v) is 15.9. The minimum Gasteiger partial charge on any atom is -0.372 e. The van der Waals surface area contributed by atoms with Crippen molar-refractivity contribution in [3.63, 3.8) is 0 Å². The average Bonchev–Trinajstić information content (AvgIpc) is 3.40. The van der Waals surface area contributed by atoms with E-state index in [1.807, 2.05) is 29.6 Å². The number of thiazole rings is 1. The van der Waals surface area contributed by atoms with Crippen molar-refractivity contribution in [2.45, 2.75) is 25.7 Å². The summed E-state index contributed by atoms with van der Waals surface area (Å²) in [5, 5.41) is 5.96. The largest absolute Gasteiger partial charge is 0.372 e. The van der Waals surface area contributed by atoms with Crippen LogP contribution in [0.4, 0.5) is 11.4 Å². The number of anilines is 2. The second-order valence-electron chi connectivity index (χ2n) is 6.66. The number of amides is 1. The van der Waals surface area contributed by atoms with Crippen LogP contribution in [-0.2, 0) is 11.2 Å². The van der Waals surface area contributed by atoms with Gasteiger partial charge < -0.3 is 10.2 Å². The number of aryl methyl sites for hydroxylation is 1. The first-order chi connectivity index (χ1) is 13.3. The van der Waals surface area contributed by atoms with E-state index in [-0.39, 0.29) is 5.91 Å². The van der Waals surface area contributed by atoms with Crippen LogP contribution in [0.25, 0.3) is 11.3 Å². The highest BCUT2D eigenvalue weighted by Crippen LogP contribution is 2.23. The third-order valence-electron chi connectivity index (χ3n) is 4.70. The Kier molecular flexibility index (Phi) is 5.44. The van der Waals surface area contributed by atoms with Gasteiger partial charge in [0.15, 0.2) is 0 Å². The summed E-state index contributed by atoms with van der Waals surface area (Å²) in [6.07, 6.45) is 7.14. The molecule has 1 aliphatic heterocycles. The lowest BCUT2D eigenvalue weighted by Crippen LogP contribution is -2.17. The lowest BCUT2D eigenvalue weighted by atomic mass is 10.2. The third kappa shape index (κ3) is 4.52. The van der Waals surface area contributed by atoms with E-state index in [1.54, 1.807) is 23.7 Å². The highest BCUT2D eigenvalue weighted by molar-refractivity contribution is 7.09. The molecule has 0 unspecified atom stereocenters. The van der Waals surface area contributed by atoms with Gasteiger partial charge in [-0.3, -0.25) is 9.78 Å². The zero-order chi connectivity index (χ0) is 18.5. The molecule has 6 heteroatoms. The summed E-state index contributed by atoms with van der Waals surface area (Å²) in [7, 11) is 0. The van der Waals surface area contributed by atoms with Crippen molar-refractivity contribution in [2.24, 2.45) is 0 Å². The monoisotopic (exact) mass is 378 g/mol. The van der Waals surface area contributed by atoms with Crippen LogP contribution in [0.2, 0.25) is 0 Å². The van der Waals surface area contributed by atoms with Gasteiger partial charge in [0.2, 0.25) is 5.91 Å². The van der Waals surface area contributed by atoms with Gasteiger partial charge in [-0.05, 0) is 49.2 Å². The molecule has 0 saturated carbocycles. The van der Waals surface area contributed by atoms with Crippen LogP contribution in [-0.4, -0.2) is 29.0 Å². The first kappa shape index (κ1) is 17.7. The average molecular weight is 379 g/mol. The zero-order valence-electron chi connectivity index (χ0n) is 15.1. The molecule has 27 heavy (non-hydrogen) atoms. The van der Waals surface area contributed by atoms with Gasteiger partial charge in [-0.15, -0.1) is 11.3 Å². The summed E-state index contributed by atoms with van der Waals surface area (Å²) in [5.74, 6) is 0.0158. The number of carbonyl (C=O) groups is 1. The summed E-state index contributed by atoms with van der Waals surface area (Å²) in [5.41, 5.74) is 4.00. The number of nitrogens with zero attached hydrogens (tertiary/aromatic N) is 3. The summed E-state index contributed by atoms with van der Waals surface area (Å²) in [6.45, 7) is 2.25. The van der Waals surface area contributed by atoms with Gasteiger partial charge in [-0.2, -0.15) is 0 Å². The molecule has 3 heterocycles. The van der Waals surface area contributed by atoms with Gasteiger partial charge in [-0.1, -0.05) is 0 Å². The predicted octanol–water partition coefficient (Wildman–Crippen LogP) is 4.38. The molecule has 3 aromatic rings. The molecule has 138 valence electrons. The Hall–Kier alpha value is -2.73. The van der Waals surface area contributed by atoms with E-state index in [2.05, 4.69) is 32.3 Å². The van der Waals surface area contributed by atoms with Crippen molar-refractivity contribution in [3.8, 4) is 11.3 Å². The Bertz CT molecular complexity index is 886. The Morgan fingerprint density at radius 2 is 1.96 bits per heavy atom. The fourth-order valence-corrected chi connectivity index (χ4v) is 4.05. The molecule has 0 aliphatic carbocycles. The molecule has 0 atom stereocenters. The Balaban J connectivity index is 1.29. The number of hydrogen-bond donors (Lipinski definition) is 1. The number of carbonyl (C=O) groups excluding carboxylic acids is 1. The Morgan fingerprint density at radius 1 is 1.15 bits per heavy atom. The molecule has 1 aliphatic rings.